The lowest BCUT2D eigenvalue weighted by atomic mass is 10.3. The van der Waals surface area contributed by atoms with Gasteiger partial charge >= 0.3 is 0 Å². The summed E-state index contributed by atoms with van der Waals surface area (Å²) >= 11 is 1.58. The summed E-state index contributed by atoms with van der Waals surface area (Å²) in [5.74, 6) is 0.557. The largest absolute Gasteiger partial charge is 0.249 e. The van der Waals surface area contributed by atoms with Crippen LogP contribution in [0.3, 0.4) is 0 Å². The number of rotatable bonds is 3. The first-order chi connectivity index (χ1) is 8.93. The molecule has 5 nitrogen and oxygen atoms in total. The number of pyridine rings is 1. The van der Waals surface area contributed by atoms with Crippen LogP contribution in [0.2, 0.25) is 0 Å². The molecule has 0 fully saturated rings. The predicted molar refractivity (Wildman–Crippen MR) is 68.0 cm³/mol. The molecule has 0 radical (unpaired) electrons. The Balaban J connectivity index is 1.98. The van der Waals surface area contributed by atoms with Crippen molar-refractivity contribution < 1.29 is 0 Å². The molecule has 18 heavy (non-hydrogen) atoms. The highest BCUT2D eigenvalue weighted by Crippen LogP contribution is 2.32. The fourth-order valence-electron chi connectivity index (χ4n) is 1.52. The SMILES string of the molecule is c1ccc(Sc2ncccc2-c2nn[nH]n2)cc1. The van der Waals surface area contributed by atoms with Crippen molar-refractivity contribution in [3.8, 4) is 11.4 Å². The lowest BCUT2D eigenvalue weighted by Gasteiger charge is -2.04. The molecule has 1 aromatic carbocycles. The van der Waals surface area contributed by atoms with Gasteiger partial charge in [0, 0.05) is 11.1 Å². The zero-order chi connectivity index (χ0) is 12.2. The van der Waals surface area contributed by atoms with Crippen LogP contribution < -0.4 is 0 Å². The van der Waals surface area contributed by atoms with Crippen LogP contribution in [0.25, 0.3) is 11.4 Å². The molecule has 0 saturated carbocycles. The lowest BCUT2D eigenvalue weighted by molar-refractivity contribution is 0.881. The molecule has 0 amide bonds. The van der Waals surface area contributed by atoms with Gasteiger partial charge < -0.3 is 0 Å². The zero-order valence-electron chi connectivity index (χ0n) is 9.32. The number of nitrogens with zero attached hydrogens (tertiary/aromatic N) is 4. The summed E-state index contributed by atoms with van der Waals surface area (Å²) in [5.41, 5.74) is 0.875. The summed E-state index contributed by atoms with van der Waals surface area (Å²) in [6, 6.07) is 13.9. The second-order valence-corrected chi connectivity index (χ2v) is 4.57. The summed E-state index contributed by atoms with van der Waals surface area (Å²) in [5, 5.41) is 14.9. The number of tetrazole rings is 1. The Morgan fingerprint density at radius 3 is 2.67 bits per heavy atom. The molecule has 6 heteroatoms. The predicted octanol–water partition coefficient (Wildman–Crippen LogP) is 2.41. The van der Waals surface area contributed by atoms with Crippen molar-refractivity contribution in [2.24, 2.45) is 0 Å². The summed E-state index contributed by atoms with van der Waals surface area (Å²) in [6.07, 6.45) is 1.76. The second kappa shape index (κ2) is 4.97. The zero-order valence-corrected chi connectivity index (χ0v) is 10.1. The van der Waals surface area contributed by atoms with E-state index >= 15 is 0 Å². The smallest absolute Gasteiger partial charge is 0.207 e. The monoisotopic (exact) mass is 255 g/mol. The van der Waals surface area contributed by atoms with Gasteiger partial charge in [-0.05, 0) is 29.5 Å². The summed E-state index contributed by atoms with van der Waals surface area (Å²) in [6.45, 7) is 0. The molecule has 2 heterocycles. The Morgan fingerprint density at radius 1 is 1.00 bits per heavy atom. The number of H-pyrrole nitrogens is 1. The minimum Gasteiger partial charge on any atom is -0.249 e. The van der Waals surface area contributed by atoms with E-state index in [9.17, 15) is 0 Å². The Bertz CT molecular complexity index is 624. The molecule has 1 N–H and O–H groups in total. The minimum atomic E-state index is 0.557. The van der Waals surface area contributed by atoms with Crippen LogP contribution in [0, 0.1) is 0 Å². The average molecular weight is 255 g/mol. The third kappa shape index (κ3) is 2.23. The van der Waals surface area contributed by atoms with Crippen LogP contribution in [0.5, 0.6) is 0 Å². The van der Waals surface area contributed by atoms with Crippen molar-refractivity contribution in [3.05, 3.63) is 48.7 Å². The lowest BCUT2D eigenvalue weighted by Crippen LogP contribution is -1.88. The average Bonchev–Trinajstić information content (AvgIpc) is 2.94. The van der Waals surface area contributed by atoms with Crippen molar-refractivity contribution >= 4 is 11.8 Å². The third-order valence-corrected chi connectivity index (χ3v) is 3.34. The number of benzene rings is 1. The van der Waals surface area contributed by atoms with E-state index in [-0.39, 0.29) is 0 Å². The van der Waals surface area contributed by atoms with E-state index in [1.807, 2.05) is 42.5 Å². The Hall–Kier alpha value is -2.21. The first-order valence-corrected chi connectivity index (χ1v) is 6.17. The molecule has 0 aliphatic carbocycles. The molecule has 88 valence electrons. The van der Waals surface area contributed by atoms with E-state index in [1.54, 1.807) is 18.0 Å². The number of hydrogen-bond donors (Lipinski definition) is 1. The topological polar surface area (TPSA) is 67.3 Å². The van der Waals surface area contributed by atoms with Crippen molar-refractivity contribution in [3.63, 3.8) is 0 Å². The van der Waals surface area contributed by atoms with Crippen molar-refractivity contribution in [2.75, 3.05) is 0 Å². The molecule has 0 spiro atoms. The van der Waals surface area contributed by atoms with Crippen molar-refractivity contribution in [1.82, 2.24) is 25.6 Å². The molecule has 3 aromatic rings. The molecule has 0 unspecified atom stereocenters. The van der Waals surface area contributed by atoms with Gasteiger partial charge in [0.2, 0.25) is 5.82 Å². The molecule has 2 aromatic heterocycles. The van der Waals surface area contributed by atoms with E-state index in [0.717, 1.165) is 15.5 Å². The molecule has 0 aliphatic rings. The Morgan fingerprint density at radius 2 is 1.89 bits per heavy atom. The summed E-state index contributed by atoms with van der Waals surface area (Å²) < 4.78 is 0. The van der Waals surface area contributed by atoms with E-state index in [4.69, 9.17) is 0 Å². The Kier molecular flexibility index (Phi) is 3.01. The molecule has 0 saturated heterocycles. The van der Waals surface area contributed by atoms with Gasteiger partial charge in [0.05, 0.1) is 5.56 Å². The first kappa shape index (κ1) is 10.9. The number of aromatic amines is 1. The molecule has 0 bridgehead atoms. The van der Waals surface area contributed by atoms with Crippen molar-refractivity contribution in [1.29, 1.82) is 0 Å². The van der Waals surface area contributed by atoms with Gasteiger partial charge in [-0.2, -0.15) is 5.21 Å². The van der Waals surface area contributed by atoms with Crippen LogP contribution >= 0.6 is 11.8 Å². The molecule has 3 rings (SSSR count). The second-order valence-electron chi connectivity index (χ2n) is 3.51. The maximum Gasteiger partial charge on any atom is 0.207 e. The quantitative estimate of drug-likeness (QED) is 0.778. The maximum atomic E-state index is 4.37. The van der Waals surface area contributed by atoms with Gasteiger partial charge in [-0.15, -0.1) is 10.2 Å². The van der Waals surface area contributed by atoms with Crippen LogP contribution in [0.15, 0.2) is 58.6 Å². The van der Waals surface area contributed by atoms with Crippen LogP contribution in [-0.4, -0.2) is 25.6 Å². The highest BCUT2D eigenvalue weighted by atomic mass is 32.2. The van der Waals surface area contributed by atoms with Crippen LogP contribution in [0.1, 0.15) is 0 Å². The van der Waals surface area contributed by atoms with Gasteiger partial charge in [0.25, 0.3) is 0 Å². The van der Waals surface area contributed by atoms with Gasteiger partial charge in [0.1, 0.15) is 5.03 Å². The fraction of sp³-hybridized carbons (Fsp3) is 0. The Labute approximate surface area is 108 Å². The highest BCUT2D eigenvalue weighted by Gasteiger charge is 2.10. The third-order valence-electron chi connectivity index (χ3n) is 2.32. The number of hydrogen-bond acceptors (Lipinski definition) is 5. The minimum absolute atomic E-state index is 0.557. The number of nitrogens with one attached hydrogen (secondary N) is 1. The molecule has 0 atom stereocenters. The summed E-state index contributed by atoms with van der Waals surface area (Å²) in [4.78, 5) is 5.50. The van der Waals surface area contributed by atoms with E-state index in [0.29, 0.717) is 5.82 Å². The van der Waals surface area contributed by atoms with E-state index < -0.39 is 0 Å². The molecule has 0 aliphatic heterocycles. The van der Waals surface area contributed by atoms with Gasteiger partial charge in [0.15, 0.2) is 0 Å². The van der Waals surface area contributed by atoms with Crippen molar-refractivity contribution in [2.45, 2.75) is 9.92 Å². The number of aromatic nitrogens is 5. The normalized spacial score (nSPS) is 10.4. The van der Waals surface area contributed by atoms with Crippen LogP contribution in [-0.2, 0) is 0 Å². The van der Waals surface area contributed by atoms with Gasteiger partial charge in [-0.3, -0.25) is 0 Å². The first-order valence-electron chi connectivity index (χ1n) is 5.35. The fourth-order valence-corrected chi connectivity index (χ4v) is 2.42. The van der Waals surface area contributed by atoms with E-state index in [1.165, 1.54) is 0 Å². The van der Waals surface area contributed by atoms with Gasteiger partial charge in [-0.25, -0.2) is 4.98 Å². The molecular weight excluding hydrogens is 246 g/mol. The standard InChI is InChI=1S/C12H9N5S/c1-2-5-9(6-3-1)18-12-10(7-4-8-13-12)11-14-16-17-15-11/h1-8H,(H,14,15,16,17). The van der Waals surface area contributed by atoms with E-state index in [2.05, 4.69) is 25.6 Å². The maximum absolute atomic E-state index is 4.37. The van der Waals surface area contributed by atoms with Crippen LogP contribution in [0.4, 0.5) is 0 Å². The molecular formula is C12H9N5S. The summed E-state index contributed by atoms with van der Waals surface area (Å²) in [7, 11) is 0. The highest BCUT2D eigenvalue weighted by molar-refractivity contribution is 7.99. The van der Waals surface area contributed by atoms with Gasteiger partial charge in [-0.1, -0.05) is 30.0 Å².